The van der Waals surface area contributed by atoms with E-state index in [-0.39, 0.29) is 0 Å². The Labute approximate surface area is 96.9 Å². The number of fused-ring (bicyclic) bond motifs is 1. The van der Waals surface area contributed by atoms with Gasteiger partial charge in [0.1, 0.15) is 0 Å². The van der Waals surface area contributed by atoms with Crippen molar-refractivity contribution in [2.45, 2.75) is 40.5 Å². The SMILES string of the molecule is CC.CCCc1c(C)sc2ccccc12. The lowest BCUT2D eigenvalue weighted by Gasteiger charge is -1.97. The summed E-state index contributed by atoms with van der Waals surface area (Å²) in [7, 11) is 0. The number of benzene rings is 1. The number of rotatable bonds is 2. The molecule has 0 amide bonds. The monoisotopic (exact) mass is 220 g/mol. The Morgan fingerprint density at radius 1 is 1.13 bits per heavy atom. The van der Waals surface area contributed by atoms with E-state index >= 15 is 0 Å². The third-order valence-corrected chi connectivity index (χ3v) is 3.53. The average molecular weight is 220 g/mol. The maximum absolute atomic E-state index is 2.24. The van der Waals surface area contributed by atoms with Gasteiger partial charge in [-0.2, -0.15) is 0 Å². The summed E-state index contributed by atoms with van der Waals surface area (Å²) in [5, 5.41) is 1.46. The van der Waals surface area contributed by atoms with Gasteiger partial charge < -0.3 is 0 Å². The summed E-state index contributed by atoms with van der Waals surface area (Å²) in [5.41, 5.74) is 1.56. The van der Waals surface area contributed by atoms with Crippen LogP contribution in [0.1, 0.15) is 37.6 Å². The van der Waals surface area contributed by atoms with E-state index in [0.29, 0.717) is 0 Å². The van der Waals surface area contributed by atoms with Gasteiger partial charge in [-0.1, -0.05) is 45.4 Å². The molecule has 0 nitrogen and oxygen atoms in total. The Kier molecular flexibility index (Phi) is 4.83. The topological polar surface area (TPSA) is 0 Å². The van der Waals surface area contributed by atoms with E-state index < -0.39 is 0 Å². The highest BCUT2D eigenvalue weighted by molar-refractivity contribution is 7.19. The normalized spacial score (nSPS) is 9.87. The van der Waals surface area contributed by atoms with Crippen molar-refractivity contribution in [3.8, 4) is 0 Å². The second kappa shape index (κ2) is 5.92. The Balaban J connectivity index is 0.000000531. The van der Waals surface area contributed by atoms with Crippen molar-refractivity contribution in [2.75, 3.05) is 0 Å². The molecule has 1 heterocycles. The van der Waals surface area contributed by atoms with Crippen LogP contribution in [0.4, 0.5) is 0 Å². The summed E-state index contributed by atoms with van der Waals surface area (Å²) < 4.78 is 1.43. The van der Waals surface area contributed by atoms with E-state index in [1.165, 1.54) is 27.8 Å². The van der Waals surface area contributed by atoms with Crippen molar-refractivity contribution in [1.82, 2.24) is 0 Å². The highest BCUT2D eigenvalue weighted by atomic mass is 32.1. The van der Waals surface area contributed by atoms with Gasteiger partial charge in [-0.15, -0.1) is 11.3 Å². The zero-order valence-electron chi connectivity index (χ0n) is 10.1. The van der Waals surface area contributed by atoms with Crippen molar-refractivity contribution in [2.24, 2.45) is 0 Å². The Morgan fingerprint density at radius 2 is 1.80 bits per heavy atom. The molecule has 1 heteroatoms. The molecule has 0 atom stereocenters. The van der Waals surface area contributed by atoms with Crippen LogP contribution in [-0.2, 0) is 6.42 Å². The van der Waals surface area contributed by atoms with E-state index in [2.05, 4.69) is 38.1 Å². The van der Waals surface area contributed by atoms with Crippen molar-refractivity contribution >= 4 is 21.4 Å². The van der Waals surface area contributed by atoms with Gasteiger partial charge in [-0.3, -0.25) is 0 Å². The second-order valence-corrected chi connectivity index (χ2v) is 4.64. The molecule has 0 N–H and O–H groups in total. The van der Waals surface area contributed by atoms with Gasteiger partial charge >= 0.3 is 0 Å². The first kappa shape index (κ1) is 12.3. The van der Waals surface area contributed by atoms with Crippen molar-refractivity contribution in [3.05, 3.63) is 34.7 Å². The molecule has 1 aromatic carbocycles. The van der Waals surface area contributed by atoms with Crippen LogP contribution in [0.5, 0.6) is 0 Å². The lowest BCUT2D eigenvalue weighted by Crippen LogP contribution is -1.82. The summed E-state index contributed by atoms with van der Waals surface area (Å²) in [6.45, 7) is 8.47. The Morgan fingerprint density at radius 3 is 2.47 bits per heavy atom. The molecule has 0 aliphatic rings. The van der Waals surface area contributed by atoms with Crippen LogP contribution in [0, 0.1) is 6.92 Å². The molecule has 2 aromatic rings. The van der Waals surface area contributed by atoms with E-state index in [0.717, 1.165) is 0 Å². The number of hydrogen-bond acceptors (Lipinski definition) is 1. The third kappa shape index (κ3) is 2.60. The van der Waals surface area contributed by atoms with Crippen molar-refractivity contribution in [1.29, 1.82) is 0 Å². The minimum Gasteiger partial charge on any atom is -0.140 e. The lowest BCUT2D eigenvalue weighted by atomic mass is 10.1. The molecule has 1 aromatic heterocycles. The maximum atomic E-state index is 2.24. The van der Waals surface area contributed by atoms with E-state index in [4.69, 9.17) is 0 Å². The molecule has 82 valence electrons. The Bertz CT molecular complexity index is 412. The van der Waals surface area contributed by atoms with Crippen LogP contribution < -0.4 is 0 Å². The molecule has 0 fully saturated rings. The van der Waals surface area contributed by atoms with Crippen LogP contribution >= 0.6 is 11.3 Å². The minimum atomic E-state index is 1.22. The van der Waals surface area contributed by atoms with Gasteiger partial charge in [0.05, 0.1) is 0 Å². The molecule has 0 saturated heterocycles. The van der Waals surface area contributed by atoms with E-state index in [1.807, 2.05) is 25.2 Å². The highest BCUT2D eigenvalue weighted by Crippen LogP contribution is 2.31. The summed E-state index contributed by atoms with van der Waals surface area (Å²) in [6, 6.07) is 8.71. The quantitative estimate of drug-likeness (QED) is 0.653. The molecule has 0 bridgehead atoms. The first-order chi connectivity index (χ1) is 7.33. The maximum Gasteiger partial charge on any atom is 0.0348 e. The minimum absolute atomic E-state index is 1.22. The lowest BCUT2D eigenvalue weighted by molar-refractivity contribution is 0.926. The van der Waals surface area contributed by atoms with Gasteiger partial charge in [-0.05, 0) is 30.4 Å². The molecule has 0 aliphatic carbocycles. The molecule has 2 rings (SSSR count). The van der Waals surface area contributed by atoms with Gasteiger partial charge in [0.15, 0.2) is 0 Å². The molecule has 0 radical (unpaired) electrons. The standard InChI is InChI=1S/C12H14S.C2H6/c1-3-6-10-9(2)13-12-8-5-4-7-11(10)12;1-2/h4-5,7-8H,3,6H2,1-2H3;1-2H3. The van der Waals surface area contributed by atoms with Crippen molar-refractivity contribution < 1.29 is 0 Å². The molecule has 0 saturated carbocycles. The molecule has 0 spiro atoms. The molecule has 0 unspecified atom stereocenters. The number of aryl methyl sites for hydroxylation is 2. The zero-order valence-corrected chi connectivity index (χ0v) is 10.9. The molecular weight excluding hydrogens is 200 g/mol. The van der Waals surface area contributed by atoms with Crippen LogP contribution in [0.3, 0.4) is 0 Å². The van der Waals surface area contributed by atoms with Crippen LogP contribution in [0.2, 0.25) is 0 Å². The first-order valence-corrected chi connectivity index (χ1v) is 6.61. The smallest absolute Gasteiger partial charge is 0.0348 e. The van der Waals surface area contributed by atoms with Gasteiger partial charge in [-0.25, -0.2) is 0 Å². The largest absolute Gasteiger partial charge is 0.140 e. The van der Waals surface area contributed by atoms with Crippen LogP contribution in [0.15, 0.2) is 24.3 Å². The highest BCUT2D eigenvalue weighted by Gasteiger charge is 2.06. The molecule has 15 heavy (non-hydrogen) atoms. The van der Waals surface area contributed by atoms with Crippen LogP contribution in [-0.4, -0.2) is 0 Å². The predicted octanol–water partition coefficient (Wildman–Crippen LogP) is 5.19. The van der Waals surface area contributed by atoms with Crippen molar-refractivity contribution in [3.63, 3.8) is 0 Å². The van der Waals surface area contributed by atoms with Crippen LogP contribution in [0.25, 0.3) is 10.1 Å². The summed E-state index contributed by atoms with van der Waals surface area (Å²) in [4.78, 5) is 1.49. The summed E-state index contributed by atoms with van der Waals surface area (Å²) in [6.07, 6.45) is 2.46. The summed E-state index contributed by atoms with van der Waals surface area (Å²) in [5.74, 6) is 0. The van der Waals surface area contributed by atoms with E-state index in [1.54, 1.807) is 5.56 Å². The zero-order chi connectivity index (χ0) is 11.3. The summed E-state index contributed by atoms with van der Waals surface area (Å²) >= 11 is 1.92. The third-order valence-electron chi connectivity index (χ3n) is 2.40. The molecular formula is C14H20S. The molecule has 0 aliphatic heterocycles. The average Bonchev–Trinajstić information content (AvgIpc) is 2.59. The van der Waals surface area contributed by atoms with Gasteiger partial charge in [0, 0.05) is 9.58 Å². The fourth-order valence-electron chi connectivity index (χ4n) is 1.78. The predicted molar refractivity (Wildman–Crippen MR) is 71.9 cm³/mol. The fourth-order valence-corrected chi connectivity index (χ4v) is 2.89. The van der Waals surface area contributed by atoms with Gasteiger partial charge in [0.25, 0.3) is 0 Å². The Hall–Kier alpha value is -0.820. The second-order valence-electron chi connectivity index (χ2n) is 3.38. The fraction of sp³-hybridized carbons (Fsp3) is 0.429. The van der Waals surface area contributed by atoms with E-state index in [9.17, 15) is 0 Å². The first-order valence-electron chi connectivity index (χ1n) is 5.80. The number of hydrogen-bond donors (Lipinski definition) is 0. The van der Waals surface area contributed by atoms with Gasteiger partial charge in [0.2, 0.25) is 0 Å². The number of thiophene rings is 1.